The van der Waals surface area contributed by atoms with Crippen LogP contribution in [0.4, 0.5) is 13.2 Å². The van der Waals surface area contributed by atoms with E-state index in [4.69, 9.17) is 5.73 Å². The van der Waals surface area contributed by atoms with Crippen molar-refractivity contribution < 1.29 is 13.2 Å². The van der Waals surface area contributed by atoms with Gasteiger partial charge in [-0.1, -0.05) is 6.92 Å². The van der Waals surface area contributed by atoms with Crippen molar-refractivity contribution in [3.63, 3.8) is 0 Å². The molecule has 2 nitrogen and oxygen atoms in total. The SMILES string of the molecule is CC1CC1CN(C)C(CN)c1cc(F)c(F)c(F)c1. The van der Waals surface area contributed by atoms with Crippen LogP contribution in [0.15, 0.2) is 12.1 Å². The lowest BCUT2D eigenvalue weighted by Gasteiger charge is -2.27. The van der Waals surface area contributed by atoms with Gasteiger partial charge in [-0.15, -0.1) is 0 Å². The number of hydrogen-bond acceptors (Lipinski definition) is 2. The van der Waals surface area contributed by atoms with Crippen molar-refractivity contribution >= 4 is 0 Å². The molecule has 0 radical (unpaired) electrons. The molecule has 0 heterocycles. The van der Waals surface area contributed by atoms with Gasteiger partial charge < -0.3 is 5.73 Å². The van der Waals surface area contributed by atoms with Crippen LogP contribution in [-0.4, -0.2) is 25.0 Å². The summed E-state index contributed by atoms with van der Waals surface area (Å²) in [5.74, 6) is -2.45. The standard InChI is InChI=1S/C14H19F3N2/c1-8-3-10(8)7-19(2)13(6-18)9-4-11(15)14(17)12(16)5-9/h4-5,8,10,13H,3,6-7,18H2,1-2H3. The molecule has 1 saturated carbocycles. The van der Waals surface area contributed by atoms with Crippen molar-refractivity contribution in [2.24, 2.45) is 17.6 Å². The van der Waals surface area contributed by atoms with E-state index in [2.05, 4.69) is 6.92 Å². The van der Waals surface area contributed by atoms with E-state index in [1.165, 1.54) is 6.42 Å². The molecule has 0 spiro atoms. The van der Waals surface area contributed by atoms with Gasteiger partial charge in [0.05, 0.1) is 0 Å². The van der Waals surface area contributed by atoms with Gasteiger partial charge in [-0.3, -0.25) is 4.90 Å². The molecule has 1 aliphatic carbocycles. The van der Waals surface area contributed by atoms with Crippen molar-refractivity contribution in [3.8, 4) is 0 Å². The molecule has 0 aromatic heterocycles. The third kappa shape index (κ3) is 3.09. The number of likely N-dealkylation sites (N-methyl/N-ethyl adjacent to an activating group) is 1. The third-order valence-electron chi connectivity index (χ3n) is 3.94. The Balaban J connectivity index is 2.16. The molecule has 1 aromatic rings. The molecule has 1 aliphatic rings. The Morgan fingerprint density at radius 1 is 1.32 bits per heavy atom. The van der Waals surface area contributed by atoms with Crippen LogP contribution in [0.1, 0.15) is 24.9 Å². The fourth-order valence-electron chi connectivity index (χ4n) is 2.49. The normalized spacial score (nSPS) is 23.7. The molecule has 3 unspecified atom stereocenters. The van der Waals surface area contributed by atoms with Crippen LogP contribution in [0.5, 0.6) is 0 Å². The number of rotatable bonds is 5. The minimum Gasteiger partial charge on any atom is -0.329 e. The van der Waals surface area contributed by atoms with E-state index in [0.717, 1.165) is 18.7 Å². The number of benzene rings is 1. The van der Waals surface area contributed by atoms with Gasteiger partial charge in [0.25, 0.3) is 0 Å². The number of hydrogen-bond donors (Lipinski definition) is 1. The highest BCUT2D eigenvalue weighted by Crippen LogP contribution is 2.39. The topological polar surface area (TPSA) is 29.3 Å². The van der Waals surface area contributed by atoms with Gasteiger partial charge in [0.15, 0.2) is 17.5 Å². The molecule has 0 bridgehead atoms. The molecular weight excluding hydrogens is 253 g/mol. The second kappa shape index (κ2) is 5.51. The zero-order valence-electron chi connectivity index (χ0n) is 11.2. The molecular formula is C14H19F3N2. The van der Waals surface area contributed by atoms with Crippen molar-refractivity contribution in [1.82, 2.24) is 4.90 Å². The average Bonchev–Trinajstić information content (AvgIpc) is 3.02. The molecule has 1 aromatic carbocycles. The van der Waals surface area contributed by atoms with Crippen LogP contribution < -0.4 is 5.73 Å². The summed E-state index contributed by atoms with van der Waals surface area (Å²) < 4.78 is 39.5. The highest BCUT2D eigenvalue weighted by atomic mass is 19.2. The quantitative estimate of drug-likeness (QED) is 0.835. The fourth-order valence-corrected chi connectivity index (χ4v) is 2.49. The van der Waals surface area contributed by atoms with E-state index in [0.29, 0.717) is 17.4 Å². The minimum absolute atomic E-state index is 0.238. The first-order valence-corrected chi connectivity index (χ1v) is 6.48. The monoisotopic (exact) mass is 272 g/mol. The number of nitrogens with two attached hydrogens (primary N) is 1. The molecule has 1 fully saturated rings. The largest absolute Gasteiger partial charge is 0.329 e. The Morgan fingerprint density at radius 3 is 2.26 bits per heavy atom. The Kier molecular flexibility index (Phi) is 4.16. The van der Waals surface area contributed by atoms with Gasteiger partial charge in [0.2, 0.25) is 0 Å². The molecule has 106 valence electrons. The van der Waals surface area contributed by atoms with Gasteiger partial charge in [0.1, 0.15) is 0 Å². The van der Waals surface area contributed by atoms with Crippen molar-refractivity contribution in [1.29, 1.82) is 0 Å². The van der Waals surface area contributed by atoms with E-state index in [-0.39, 0.29) is 12.6 Å². The molecule has 2 N–H and O–H groups in total. The lowest BCUT2D eigenvalue weighted by atomic mass is 10.0. The van der Waals surface area contributed by atoms with Gasteiger partial charge >= 0.3 is 0 Å². The molecule has 0 saturated heterocycles. The smallest absolute Gasteiger partial charge is 0.194 e. The predicted octanol–water partition coefficient (Wildman–Crippen LogP) is 2.69. The Bertz CT molecular complexity index is 441. The van der Waals surface area contributed by atoms with Crippen LogP contribution >= 0.6 is 0 Å². The fraction of sp³-hybridized carbons (Fsp3) is 0.571. The summed E-state index contributed by atoms with van der Waals surface area (Å²) in [5.41, 5.74) is 6.08. The van der Waals surface area contributed by atoms with E-state index in [9.17, 15) is 13.2 Å². The number of nitrogens with zero attached hydrogens (tertiary/aromatic N) is 1. The molecule has 2 rings (SSSR count). The predicted molar refractivity (Wildman–Crippen MR) is 68.0 cm³/mol. The summed E-state index contributed by atoms with van der Waals surface area (Å²) in [6, 6.07) is 1.77. The first-order valence-electron chi connectivity index (χ1n) is 6.48. The second-order valence-corrected chi connectivity index (χ2v) is 5.46. The Morgan fingerprint density at radius 2 is 1.84 bits per heavy atom. The molecule has 5 heteroatoms. The van der Waals surface area contributed by atoms with Crippen molar-refractivity contribution in [2.75, 3.05) is 20.1 Å². The van der Waals surface area contributed by atoms with E-state index >= 15 is 0 Å². The third-order valence-corrected chi connectivity index (χ3v) is 3.94. The minimum atomic E-state index is -1.43. The summed E-state index contributed by atoms with van der Waals surface area (Å²) in [5, 5.41) is 0. The second-order valence-electron chi connectivity index (χ2n) is 5.46. The van der Waals surface area contributed by atoms with Crippen LogP contribution in [0.25, 0.3) is 0 Å². The first kappa shape index (κ1) is 14.3. The maximum absolute atomic E-state index is 13.3. The Hall–Kier alpha value is -1.07. The maximum atomic E-state index is 13.3. The summed E-state index contributed by atoms with van der Waals surface area (Å²) >= 11 is 0. The van der Waals surface area contributed by atoms with Crippen LogP contribution in [-0.2, 0) is 0 Å². The van der Waals surface area contributed by atoms with Crippen LogP contribution in [0.3, 0.4) is 0 Å². The van der Waals surface area contributed by atoms with Gasteiger partial charge in [-0.05, 0) is 43.0 Å². The van der Waals surface area contributed by atoms with E-state index < -0.39 is 17.5 Å². The first-order chi connectivity index (χ1) is 8.93. The van der Waals surface area contributed by atoms with Crippen LogP contribution in [0.2, 0.25) is 0 Å². The summed E-state index contributed by atoms with van der Waals surface area (Å²) in [7, 11) is 1.88. The highest BCUT2D eigenvalue weighted by Gasteiger charge is 2.34. The molecule has 19 heavy (non-hydrogen) atoms. The molecule has 3 atom stereocenters. The van der Waals surface area contributed by atoms with E-state index in [1.807, 2.05) is 11.9 Å². The lowest BCUT2D eigenvalue weighted by Crippen LogP contribution is -2.32. The van der Waals surface area contributed by atoms with Crippen molar-refractivity contribution in [2.45, 2.75) is 19.4 Å². The highest BCUT2D eigenvalue weighted by molar-refractivity contribution is 5.23. The summed E-state index contributed by atoms with van der Waals surface area (Å²) in [4.78, 5) is 1.99. The molecule has 0 amide bonds. The van der Waals surface area contributed by atoms with Crippen LogP contribution in [0, 0.1) is 29.3 Å². The van der Waals surface area contributed by atoms with Gasteiger partial charge in [-0.2, -0.15) is 0 Å². The molecule has 0 aliphatic heterocycles. The average molecular weight is 272 g/mol. The van der Waals surface area contributed by atoms with E-state index in [1.54, 1.807) is 0 Å². The summed E-state index contributed by atoms with van der Waals surface area (Å²) in [6.07, 6.45) is 1.17. The van der Waals surface area contributed by atoms with Gasteiger partial charge in [0, 0.05) is 19.1 Å². The maximum Gasteiger partial charge on any atom is 0.194 e. The van der Waals surface area contributed by atoms with Crippen molar-refractivity contribution in [3.05, 3.63) is 35.1 Å². The Labute approximate surface area is 111 Å². The zero-order chi connectivity index (χ0) is 14.2. The van der Waals surface area contributed by atoms with Gasteiger partial charge in [-0.25, -0.2) is 13.2 Å². The number of halogens is 3. The zero-order valence-corrected chi connectivity index (χ0v) is 11.2. The summed E-state index contributed by atoms with van der Waals surface area (Å²) in [6.45, 7) is 3.25. The lowest BCUT2D eigenvalue weighted by molar-refractivity contribution is 0.235.